The minimum Gasteiger partial charge on any atom is -0.336 e. The van der Waals surface area contributed by atoms with E-state index in [-0.39, 0.29) is 24.0 Å². The molecule has 2 atom stereocenters. The lowest BCUT2D eigenvalue weighted by atomic mass is 10.1. The van der Waals surface area contributed by atoms with Crippen molar-refractivity contribution in [3.63, 3.8) is 0 Å². The smallest absolute Gasteiger partial charge is 0.315 e. The van der Waals surface area contributed by atoms with Crippen LogP contribution in [0, 0.1) is 0 Å². The zero-order valence-electron chi connectivity index (χ0n) is 13.9. The van der Waals surface area contributed by atoms with Crippen molar-refractivity contribution >= 4 is 11.9 Å². The van der Waals surface area contributed by atoms with Crippen LogP contribution in [0.15, 0.2) is 30.6 Å². The molecule has 8 nitrogen and oxygen atoms in total. The number of benzene rings is 1. The summed E-state index contributed by atoms with van der Waals surface area (Å²) >= 11 is 0. The second kappa shape index (κ2) is 6.31. The van der Waals surface area contributed by atoms with Crippen molar-refractivity contribution in [3.05, 3.63) is 47.5 Å². The monoisotopic (exact) mass is 328 g/mol. The first kappa shape index (κ1) is 16.0. The number of likely N-dealkylation sites (N-methyl/N-ethyl adjacent to an activating group) is 1. The Labute approximate surface area is 139 Å². The lowest BCUT2D eigenvalue weighted by molar-refractivity contribution is 0.0774. The number of rotatable bonds is 4. The van der Waals surface area contributed by atoms with Crippen LogP contribution >= 0.6 is 0 Å². The van der Waals surface area contributed by atoms with E-state index in [9.17, 15) is 9.59 Å². The van der Waals surface area contributed by atoms with Gasteiger partial charge in [0.15, 0.2) is 5.82 Å². The number of carbonyl (C=O) groups excluding carboxylic acids is 2. The average molecular weight is 328 g/mol. The average Bonchev–Trinajstić information content (AvgIpc) is 3.09. The summed E-state index contributed by atoms with van der Waals surface area (Å²) in [7, 11) is 3.57. The van der Waals surface area contributed by atoms with E-state index in [1.165, 1.54) is 0 Å². The van der Waals surface area contributed by atoms with Crippen LogP contribution in [0.5, 0.6) is 0 Å². The van der Waals surface area contributed by atoms with Crippen LogP contribution in [0.3, 0.4) is 0 Å². The van der Waals surface area contributed by atoms with Gasteiger partial charge in [-0.15, -0.1) is 10.2 Å². The molecule has 1 aliphatic heterocycles. The Morgan fingerprint density at radius 2 is 2.08 bits per heavy atom. The van der Waals surface area contributed by atoms with Gasteiger partial charge in [-0.1, -0.05) is 18.2 Å². The Balaban J connectivity index is 1.61. The second-order valence-electron chi connectivity index (χ2n) is 5.90. The molecule has 3 rings (SSSR count). The molecule has 126 valence electrons. The van der Waals surface area contributed by atoms with Gasteiger partial charge in [-0.2, -0.15) is 0 Å². The van der Waals surface area contributed by atoms with Gasteiger partial charge in [0, 0.05) is 26.2 Å². The number of carbonyl (C=O) groups is 2. The van der Waals surface area contributed by atoms with Gasteiger partial charge in [-0.25, -0.2) is 4.79 Å². The number of hydrogen-bond acceptors (Lipinski definition) is 4. The predicted octanol–water partition coefficient (Wildman–Crippen LogP) is 1.00. The molecule has 2 N–H and O–H groups in total. The molecule has 0 spiro atoms. The van der Waals surface area contributed by atoms with Gasteiger partial charge >= 0.3 is 6.03 Å². The number of nitrogens with one attached hydrogen (secondary N) is 2. The quantitative estimate of drug-likeness (QED) is 0.876. The van der Waals surface area contributed by atoms with E-state index in [1.54, 1.807) is 22.8 Å². The van der Waals surface area contributed by atoms with E-state index in [0.717, 1.165) is 5.56 Å². The Bertz CT molecular complexity index is 771. The number of fused-ring (bicyclic) bond motifs is 1. The molecule has 1 aromatic carbocycles. The van der Waals surface area contributed by atoms with Crippen molar-refractivity contribution in [2.24, 2.45) is 7.05 Å². The first-order valence-electron chi connectivity index (χ1n) is 7.73. The molecule has 0 saturated heterocycles. The zero-order valence-corrected chi connectivity index (χ0v) is 13.9. The minimum atomic E-state index is -0.310. The van der Waals surface area contributed by atoms with Crippen molar-refractivity contribution in [1.82, 2.24) is 30.3 Å². The summed E-state index contributed by atoms with van der Waals surface area (Å²) in [6, 6.07) is 6.73. The minimum absolute atomic E-state index is 0.0229. The van der Waals surface area contributed by atoms with Crippen molar-refractivity contribution in [2.75, 3.05) is 13.6 Å². The summed E-state index contributed by atoms with van der Waals surface area (Å²) < 4.78 is 1.75. The number of hydrogen-bond donors (Lipinski definition) is 2. The molecule has 2 heterocycles. The Hall–Kier alpha value is -2.90. The number of aromatic nitrogens is 3. The summed E-state index contributed by atoms with van der Waals surface area (Å²) in [6.07, 6.45) is 1.58. The van der Waals surface area contributed by atoms with Gasteiger partial charge in [-0.3, -0.25) is 4.79 Å². The molecule has 0 fully saturated rings. The van der Waals surface area contributed by atoms with Gasteiger partial charge in [0.25, 0.3) is 5.91 Å². The molecule has 0 saturated carbocycles. The molecular formula is C16H20N6O2. The van der Waals surface area contributed by atoms with Gasteiger partial charge in [0.1, 0.15) is 6.33 Å². The van der Waals surface area contributed by atoms with E-state index >= 15 is 0 Å². The van der Waals surface area contributed by atoms with Gasteiger partial charge < -0.3 is 20.1 Å². The SMILES string of the molecule is CC(NC(=O)NCC1c2ccccc2C(=O)N1C)c1nncn1C. The lowest BCUT2D eigenvalue weighted by Crippen LogP contribution is -2.41. The number of urea groups is 1. The van der Waals surface area contributed by atoms with Crippen molar-refractivity contribution in [3.8, 4) is 0 Å². The highest BCUT2D eigenvalue weighted by molar-refractivity contribution is 5.99. The Morgan fingerprint density at radius 3 is 2.79 bits per heavy atom. The fourth-order valence-electron chi connectivity index (χ4n) is 2.96. The fourth-order valence-corrected chi connectivity index (χ4v) is 2.96. The molecule has 8 heteroatoms. The van der Waals surface area contributed by atoms with Crippen molar-refractivity contribution < 1.29 is 9.59 Å². The molecule has 0 aliphatic carbocycles. The maximum atomic E-state index is 12.2. The largest absolute Gasteiger partial charge is 0.336 e. The van der Waals surface area contributed by atoms with Crippen LogP contribution < -0.4 is 10.6 Å². The second-order valence-corrected chi connectivity index (χ2v) is 5.90. The topological polar surface area (TPSA) is 92.2 Å². The number of nitrogens with zero attached hydrogens (tertiary/aromatic N) is 4. The van der Waals surface area contributed by atoms with Gasteiger partial charge in [0.05, 0.1) is 12.1 Å². The third kappa shape index (κ3) is 2.82. The molecule has 0 bridgehead atoms. The summed E-state index contributed by atoms with van der Waals surface area (Å²) in [5.41, 5.74) is 1.63. The van der Waals surface area contributed by atoms with E-state index < -0.39 is 0 Å². The standard InChI is InChI=1S/C16H20N6O2/c1-10(14-20-18-9-21(14)2)19-16(24)17-8-13-11-6-4-5-7-12(11)15(23)22(13)3/h4-7,9-10,13H,8H2,1-3H3,(H2,17,19,24). The molecule has 24 heavy (non-hydrogen) atoms. The highest BCUT2D eigenvalue weighted by Gasteiger charge is 2.33. The number of amides is 3. The van der Waals surface area contributed by atoms with Crippen molar-refractivity contribution in [1.29, 1.82) is 0 Å². The van der Waals surface area contributed by atoms with Crippen LogP contribution in [0.25, 0.3) is 0 Å². The summed E-state index contributed by atoms with van der Waals surface area (Å²) in [4.78, 5) is 26.0. The normalized spacial score (nSPS) is 17.5. The maximum absolute atomic E-state index is 12.2. The van der Waals surface area contributed by atoms with E-state index in [1.807, 2.05) is 38.2 Å². The van der Waals surface area contributed by atoms with Crippen molar-refractivity contribution in [2.45, 2.75) is 19.0 Å². The van der Waals surface area contributed by atoms with Gasteiger partial charge in [-0.05, 0) is 18.6 Å². The highest BCUT2D eigenvalue weighted by atomic mass is 16.2. The van der Waals surface area contributed by atoms with Crippen LogP contribution in [0.1, 0.15) is 40.8 Å². The zero-order chi connectivity index (χ0) is 17.3. The summed E-state index contributed by atoms with van der Waals surface area (Å²) in [6.45, 7) is 2.18. The lowest BCUT2D eigenvalue weighted by Gasteiger charge is -2.22. The van der Waals surface area contributed by atoms with Crippen LogP contribution in [-0.4, -0.2) is 45.2 Å². The Morgan fingerprint density at radius 1 is 1.33 bits per heavy atom. The molecule has 2 unspecified atom stereocenters. The third-order valence-electron chi connectivity index (χ3n) is 4.28. The number of aryl methyl sites for hydroxylation is 1. The highest BCUT2D eigenvalue weighted by Crippen LogP contribution is 2.31. The third-order valence-corrected chi connectivity index (χ3v) is 4.28. The Kier molecular flexibility index (Phi) is 4.20. The van der Waals surface area contributed by atoms with Crippen LogP contribution in [0.4, 0.5) is 4.79 Å². The molecule has 2 aromatic rings. The first-order valence-corrected chi connectivity index (χ1v) is 7.73. The van der Waals surface area contributed by atoms with Crippen LogP contribution in [0.2, 0.25) is 0 Å². The molecule has 1 aromatic heterocycles. The molecular weight excluding hydrogens is 308 g/mol. The summed E-state index contributed by atoms with van der Waals surface area (Å²) in [5, 5.41) is 13.4. The first-order chi connectivity index (χ1) is 11.5. The van der Waals surface area contributed by atoms with E-state index in [0.29, 0.717) is 17.9 Å². The predicted molar refractivity (Wildman–Crippen MR) is 87.2 cm³/mol. The van der Waals surface area contributed by atoms with Crippen LogP contribution in [-0.2, 0) is 7.05 Å². The van der Waals surface area contributed by atoms with E-state index in [2.05, 4.69) is 20.8 Å². The van der Waals surface area contributed by atoms with E-state index in [4.69, 9.17) is 0 Å². The molecule has 3 amide bonds. The maximum Gasteiger partial charge on any atom is 0.315 e. The molecule has 0 radical (unpaired) electrons. The molecule has 1 aliphatic rings. The fraction of sp³-hybridized carbons (Fsp3) is 0.375. The summed E-state index contributed by atoms with van der Waals surface area (Å²) in [5.74, 6) is 0.647. The van der Waals surface area contributed by atoms with Gasteiger partial charge in [0.2, 0.25) is 0 Å².